The highest BCUT2D eigenvalue weighted by atomic mass is 16.5. The summed E-state index contributed by atoms with van der Waals surface area (Å²) in [5, 5.41) is 12.0. The van der Waals surface area contributed by atoms with Crippen LogP contribution in [0.2, 0.25) is 0 Å². The van der Waals surface area contributed by atoms with Crippen molar-refractivity contribution in [2.24, 2.45) is 16.6 Å². The standard InChI is InChI=1S/C25H21N5O2/c1-14-22(16-5-3-2-4-6-16)32-21-8-7-17(18-9-15(13-26)10-19(27)11-18)12-20(21)25(14)23(31)29-24(28)30-25/h2-12,14,22H,27H2,1H3,(H3,28,29,30,31)/t14?,22-,25?/m1/s1. The van der Waals surface area contributed by atoms with Gasteiger partial charge in [0.15, 0.2) is 11.5 Å². The molecule has 5 N–H and O–H groups in total. The molecule has 2 aliphatic heterocycles. The van der Waals surface area contributed by atoms with Crippen molar-refractivity contribution in [3.63, 3.8) is 0 Å². The number of guanidine groups is 1. The lowest BCUT2D eigenvalue weighted by molar-refractivity contribution is -0.128. The third kappa shape index (κ3) is 2.88. The first-order valence-electron chi connectivity index (χ1n) is 10.3. The first-order valence-corrected chi connectivity index (χ1v) is 10.3. The van der Waals surface area contributed by atoms with Gasteiger partial charge in [0.2, 0.25) is 0 Å². The fourth-order valence-corrected chi connectivity index (χ4v) is 4.67. The molecule has 158 valence electrons. The van der Waals surface area contributed by atoms with Gasteiger partial charge in [-0.25, -0.2) is 4.99 Å². The number of hydrogen-bond donors (Lipinski definition) is 3. The highest BCUT2D eigenvalue weighted by molar-refractivity contribution is 6.08. The Hall–Kier alpha value is -4.31. The molecule has 7 nitrogen and oxygen atoms in total. The molecule has 0 aromatic heterocycles. The lowest BCUT2D eigenvalue weighted by Crippen LogP contribution is -2.48. The third-order valence-electron chi connectivity index (χ3n) is 6.19. The molecular formula is C25H21N5O2. The topological polar surface area (TPSA) is 127 Å². The van der Waals surface area contributed by atoms with E-state index in [2.05, 4.69) is 16.4 Å². The molecule has 0 aliphatic carbocycles. The van der Waals surface area contributed by atoms with Crippen LogP contribution < -0.4 is 21.5 Å². The lowest BCUT2D eigenvalue weighted by Gasteiger charge is -2.42. The van der Waals surface area contributed by atoms with Crippen LogP contribution in [0.1, 0.15) is 29.7 Å². The molecule has 32 heavy (non-hydrogen) atoms. The molecule has 0 saturated heterocycles. The van der Waals surface area contributed by atoms with Crippen LogP contribution in [0.5, 0.6) is 5.75 Å². The maximum absolute atomic E-state index is 13.3. The number of carbonyl (C=O) groups is 1. The Labute approximate surface area is 185 Å². The minimum absolute atomic E-state index is 0.0858. The van der Waals surface area contributed by atoms with Gasteiger partial charge in [-0.2, -0.15) is 5.26 Å². The van der Waals surface area contributed by atoms with Gasteiger partial charge < -0.3 is 16.2 Å². The number of fused-ring (bicyclic) bond motifs is 2. The molecule has 2 unspecified atom stereocenters. The van der Waals surface area contributed by atoms with Crippen molar-refractivity contribution in [1.82, 2.24) is 5.32 Å². The van der Waals surface area contributed by atoms with Gasteiger partial charge in [0.1, 0.15) is 11.9 Å². The van der Waals surface area contributed by atoms with E-state index in [9.17, 15) is 10.1 Å². The Morgan fingerprint density at radius 3 is 2.53 bits per heavy atom. The minimum Gasteiger partial charge on any atom is -0.485 e. The number of hydrogen-bond acceptors (Lipinski definition) is 6. The van der Waals surface area contributed by atoms with Gasteiger partial charge in [0.05, 0.1) is 11.6 Å². The molecule has 0 bridgehead atoms. The van der Waals surface area contributed by atoms with Crippen molar-refractivity contribution in [2.75, 3.05) is 5.73 Å². The summed E-state index contributed by atoms with van der Waals surface area (Å²) in [5.74, 6) is 0.0426. The molecule has 2 heterocycles. The van der Waals surface area contributed by atoms with Gasteiger partial charge in [-0.3, -0.25) is 10.1 Å². The molecule has 1 amide bonds. The van der Waals surface area contributed by atoms with Crippen molar-refractivity contribution in [1.29, 1.82) is 5.26 Å². The van der Waals surface area contributed by atoms with E-state index >= 15 is 0 Å². The molecule has 5 rings (SSSR count). The first-order chi connectivity index (χ1) is 15.4. The fraction of sp³-hybridized carbons (Fsp3) is 0.160. The number of benzene rings is 3. The predicted molar refractivity (Wildman–Crippen MR) is 121 cm³/mol. The Bertz CT molecular complexity index is 1310. The van der Waals surface area contributed by atoms with Gasteiger partial charge in [-0.1, -0.05) is 43.3 Å². The Balaban J connectivity index is 1.71. The van der Waals surface area contributed by atoms with Crippen LogP contribution in [0, 0.1) is 17.2 Å². The largest absolute Gasteiger partial charge is 0.485 e. The number of nitrogens with one attached hydrogen (secondary N) is 1. The maximum Gasteiger partial charge on any atom is 0.259 e. The summed E-state index contributed by atoms with van der Waals surface area (Å²) < 4.78 is 6.39. The maximum atomic E-state index is 13.3. The minimum atomic E-state index is -1.23. The number of aliphatic imine (C=N–C) groups is 1. The van der Waals surface area contributed by atoms with E-state index in [0.29, 0.717) is 22.6 Å². The monoisotopic (exact) mass is 423 g/mol. The van der Waals surface area contributed by atoms with Crippen molar-refractivity contribution in [3.8, 4) is 22.9 Å². The second-order valence-electron chi connectivity index (χ2n) is 8.12. The van der Waals surface area contributed by atoms with E-state index in [1.54, 1.807) is 18.2 Å². The number of nitriles is 1. The van der Waals surface area contributed by atoms with Crippen LogP contribution in [0.15, 0.2) is 71.7 Å². The first kappa shape index (κ1) is 19.6. The van der Waals surface area contributed by atoms with Gasteiger partial charge in [0, 0.05) is 17.2 Å². The van der Waals surface area contributed by atoms with Crippen molar-refractivity contribution in [2.45, 2.75) is 18.6 Å². The van der Waals surface area contributed by atoms with Crippen LogP contribution in [-0.2, 0) is 10.3 Å². The summed E-state index contributed by atoms with van der Waals surface area (Å²) >= 11 is 0. The number of nitrogens with zero attached hydrogens (tertiary/aromatic N) is 2. The van der Waals surface area contributed by atoms with Crippen LogP contribution in [0.3, 0.4) is 0 Å². The van der Waals surface area contributed by atoms with Crippen molar-refractivity contribution >= 4 is 17.6 Å². The SMILES string of the molecule is CC1[C@H](c2ccccc2)Oc2ccc(-c3cc(N)cc(C#N)c3)cc2C12N=C(N)NC2=O. The predicted octanol–water partition coefficient (Wildman–Crippen LogP) is 3.22. The number of anilines is 1. The Morgan fingerprint density at radius 1 is 1.06 bits per heavy atom. The molecule has 7 heteroatoms. The van der Waals surface area contributed by atoms with E-state index in [0.717, 1.165) is 16.7 Å². The summed E-state index contributed by atoms with van der Waals surface area (Å²) in [7, 11) is 0. The third-order valence-corrected chi connectivity index (χ3v) is 6.19. The zero-order chi connectivity index (χ0) is 22.5. The fourth-order valence-electron chi connectivity index (χ4n) is 4.67. The number of carbonyl (C=O) groups excluding carboxylic acids is 1. The molecule has 0 fully saturated rings. The smallest absolute Gasteiger partial charge is 0.259 e. The van der Waals surface area contributed by atoms with E-state index in [1.807, 2.05) is 55.5 Å². The Kier molecular flexibility index (Phi) is 4.38. The number of nitrogen functional groups attached to an aromatic ring is 1. The average Bonchev–Trinajstić information content (AvgIpc) is 3.10. The number of rotatable bonds is 2. The summed E-state index contributed by atoms with van der Waals surface area (Å²) in [6.45, 7) is 1.95. The molecule has 3 aromatic rings. The van der Waals surface area contributed by atoms with Crippen molar-refractivity contribution < 1.29 is 9.53 Å². The summed E-state index contributed by atoms with van der Waals surface area (Å²) in [6.07, 6.45) is -0.382. The van der Waals surface area contributed by atoms with E-state index in [4.69, 9.17) is 16.2 Å². The quantitative estimate of drug-likeness (QED) is 0.546. The van der Waals surface area contributed by atoms with Gasteiger partial charge in [0.25, 0.3) is 5.91 Å². The lowest BCUT2D eigenvalue weighted by atomic mass is 9.72. The van der Waals surface area contributed by atoms with E-state index in [1.165, 1.54) is 0 Å². The van der Waals surface area contributed by atoms with Crippen LogP contribution in [0.4, 0.5) is 5.69 Å². The molecule has 0 radical (unpaired) electrons. The summed E-state index contributed by atoms with van der Waals surface area (Å²) in [6, 6.07) is 22.7. The molecular weight excluding hydrogens is 402 g/mol. The normalized spacial score (nSPS) is 23.6. The molecule has 3 aromatic carbocycles. The zero-order valence-corrected chi connectivity index (χ0v) is 17.4. The van der Waals surface area contributed by atoms with Gasteiger partial charge >= 0.3 is 0 Å². The van der Waals surface area contributed by atoms with Gasteiger partial charge in [-0.15, -0.1) is 0 Å². The van der Waals surface area contributed by atoms with Crippen LogP contribution in [0.25, 0.3) is 11.1 Å². The highest BCUT2D eigenvalue weighted by Gasteiger charge is 2.56. The van der Waals surface area contributed by atoms with Crippen LogP contribution in [-0.4, -0.2) is 11.9 Å². The summed E-state index contributed by atoms with van der Waals surface area (Å²) in [5.41, 5.74) is 14.8. The van der Waals surface area contributed by atoms with Crippen LogP contribution >= 0.6 is 0 Å². The van der Waals surface area contributed by atoms with E-state index < -0.39 is 5.54 Å². The second kappa shape index (κ2) is 7.13. The van der Waals surface area contributed by atoms with Crippen molar-refractivity contribution in [3.05, 3.63) is 83.4 Å². The highest BCUT2D eigenvalue weighted by Crippen LogP contribution is 2.52. The zero-order valence-electron chi connectivity index (χ0n) is 17.4. The number of ether oxygens (including phenoxy) is 1. The molecule has 3 atom stereocenters. The number of nitrogens with two attached hydrogens (primary N) is 2. The molecule has 1 spiro atoms. The second-order valence-corrected chi connectivity index (χ2v) is 8.12. The average molecular weight is 423 g/mol. The van der Waals surface area contributed by atoms with Gasteiger partial charge in [-0.05, 0) is 47.0 Å². The number of amides is 1. The molecule has 2 aliphatic rings. The van der Waals surface area contributed by atoms with E-state index in [-0.39, 0.29) is 23.9 Å². The Morgan fingerprint density at radius 2 is 1.84 bits per heavy atom. The summed E-state index contributed by atoms with van der Waals surface area (Å²) in [4.78, 5) is 17.9. The molecule has 0 saturated carbocycles.